The fourth-order valence-corrected chi connectivity index (χ4v) is 6.00. The number of hydrogen-bond donors (Lipinski definition) is 0. The second kappa shape index (κ2) is 21.0. The van der Waals surface area contributed by atoms with Gasteiger partial charge >= 0.3 is 11.4 Å². The molecule has 0 aliphatic rings. The molecule has 240 valence electrons. The predicted octanol–water partition coefficient (Wildman–Crippen LogP) is 11.1. The monoisotopic (exact) mass is 596 g/mol. The van der Waals surface area contributed by atoms with E-state index in [0.29, 0.717) is 24.0 Å². The SMILES string of the molecule is CCCCCCCCCCCC(OC(CCCCCCCCCCC)(c1ccccc1)[N+](=O)[O-])(c1ccccc1)[N+](=O)[O-]. The van der Waals surface area contributed by atoms with E-state index >= 15 is 0 Å². The summed E-state index contributed by atoms with van der Waals surface area (Å²) >= 11 is 0. The number of unbranched alkanes of at least 4 members (excludes halogenated alkanes) is 16. The van der Waals surface area contributed by atoms with E-state index in [2.05, 4.69) is 13.8 Å². The highest BCUT2D eigenvalue weighted by atomic mass is 16.7. The van der Waals surface area contributed by atoms with Crippen LogP contribution in [0.25, 0.3) is 0 Å². The average Bonchev–Trinajstić information content (AvgIpc) is 3.02. The summed E-state index contributed by atoms with van der Waals surface area (Å²) in [5, 5.41) is 26.0. The molecule has 2 atom stereocenters. The van der Waals surface area contributed by atoms with Gasteiger partial charge in [0.25, 0.3) is 0 Å². The molecule has 43 heavy (non-hydrogen) atoms. The van der Waals surface area contributed by atoms with Crippen molar-refractivity contribution >= 4 is 0 Å². The first-order valence-corrected chi connectivity index (χ1v) is 17.0. The molecule has 2 aromatic rings. The molecule has 0 bridgehead atoms. The molecule has 0 aromatic heterocycles. The summed E-state index contributed by atoms with van der Waals surface area (Å²) in [4.78, 5) is 25.2. The zero-order valence-electron chi connectivity index (χ0n) is 26.9. The molecule has 0 saturated heterocycles. The number of rotatable bonds is 26. The van der Waals surface area contributed by atoms with E-state index in [1.807, 2.05) is 0 Å². The van der Waals surface area contributed by atoms with Gasteiger partial charge < -0.3 is 0 Å². The molecule has 0 amide bonds. The van der Waals surface area contributed by atoms with Crippen LogP contribution in [0.1, 0.15) is 153 Å². The van der Waals surface area contributed by atoms with Gasteiger partial charge in [0.05, 0.1) is 33.8 Å². The van der Waals surface area contributed by atoms with Crippen molar-refractivity contribution in [3.63, 3.8) is 0 Å². The van der Waals surface area contributed by atoms with E-state index in [9.17, 15) is 20.2 Å². The van der Waals surface area contributed by atoms with Gasteiger partial charge in [0, 0.05) is 0 Å². The minimum Gasteiger partial charge on any atom is -0.261 e. The summed E-state index contributed by atoms with van der Waals surface area (Å²) in [6.45, 7) is 4.41. The largest absolute Gasteiger partial charge is 0.356 e. The second-order valence-corrected chi connectivity index (χ2v) is 12.1. The fourth-order valence-electron chi connectivity index (χ4n) is 6.00. The Hall–Kier alpha value is -2.80. The Morgan fingerprint density at radius 3 is 1.05 bits per heavy atom. The average molecular weight is 597 g/mol. The Balaban J connectivity index is 2.24. The van der Waals surface area contributed by atoms with E-state index in [1.165, 1.54) is 64.2 Å². The Kier molecular flexibility index (Phi) is 17.8. The van der Waals surface area contributed by atoms with Crippen LogP contribution in [0.15, 0.2) is 60.7 Å². The molecular weight excluding hydrogens is 540 g/mol. The van der Waals surface area contributed by atoms with Crippen molar-refractivity contribution in [1.29, 1.82) is 0 Å². The smallest absolute Gasteiger partial charge is 0.261 e. The van der Waals surface area contributed by atoms with Crippen LogP contribution in [0.2, 0.25) is 0 Å². The van der Waals surface area contributed by atoms with Crippen molar-refractivity contribution < 1.29 is 14.6 Å². The van der Waals surface area contributed by atoms with Gasteiger partial charge in [-0.15, -0.1) is 0 Å². The molecule has 0 radical (unpaired) electrons. The van der Waals surface area contributed by atoms with E-state index < -0.39 is 21.3 Å². The van der Waals surface area contributed by atoms with Crippen LogP contribution in [-0.4, -0.2) is 9.85 Å². The molecule has 0 N–H and O–H groups in total. The normalized spacial score (nSPS) is 14.2. The lowest BCUT2D eigenvalue weighted by Crippen LogP contribution is -2.50. The summed E-state index contributed by atoms with van der Waals surface area (Å²) in [5.74, 6) is 0. The first-order valence-electron chi connectivity index (χ1n) is 17.0. The minimum atomic E-state index is -2.02. The number of ether oxygens (including phenoxy) is 1. The minimum absolute atomic E-state index is 0.0834. The predicted molar refractivity (Wildman–Crippen MR) is 175 cm³/mol. The van der Waals surface area contributed by atoms with Gasteiger partial charge in [0.2, 0.25) is 0 Å². The Bertz CT molecular complexity index is 937. The third-order valence-corrected chi connectivity index (χ3v) is 8.62. The molecular formula is C36H56N2O5. The molecule has 7 nitrogen and oxygen atoms in total. The van der Waals surface area contributed by atoms with Crippen molar-refractivity contribution in [3.05, 3.63) is 92.0 Å². The zero-order chi connectivity index (χ0) is 31.2. The van der Waals surface area contributed by atoms with Crippen LogP contribution >= 0.6 is 0 Å². The number of nitro groups is 2. The van der Waals surface area contributed by atoms with Crippen molar-refractivity contribution in [1.82, 2.24) is 0 Å². The van der Waals surface area contributed by atoms with Gasteiger partial charge in [-0.1, -0.05) is 153 Å². The van der Waals surface area contributed by atoms with Crippen molar-refractivity contribution in [2.45, 2.75) is 154 Å². The lowest BCUT2D eigenvalue weighted by molar-refractivity contribution is -0.729. The molecule has 0 spiro atoms. The fraction of sp³-hybridized carbons (Fsp3) is 0.667. The highest BCUT2D eigenvalue weighted by Crippen LogP contribution is 2.43. The van der Waals surface area contributed by atoms with E-state index in [1.54, 1.807) is 60.7 Å². The Morgan fingerprint density at radius 2 is 0.767 bits per heavy atom. The van der Waals surface area contributed by atoms with Gasteiger partial charge in [0.15, 0.2) is 0 Å². The summed E-state index contributed by atoms with van der Waals surface area (Å²) in [7, 11) is 0. The maximum absolute atomic E-state index is 13.0. The van der Waals surface area contributed by atoms with Crippen LogP contribution < -0.4 is 0 Å². The lowest BCUT2D eigenvalue weighted by Gasteiger charge is -2.34. The zero-order valence-corrected chi connectivity index (χ0v) is 26.9. The quantitative estimate of drug-likeness (QED) is 0.0466. The van der Waals surface area contributed by atoms with Crippen LogP contribution in [0.3, 0.4) is 0 Å². The molecule has 0 saturated carbocycles. The van der Waals surface area contributed by atoms with Gasteiger partial charge in [-0.3, -0.25) is 20.2 Å². The lowest BCUT2D eigenvalue weighted by atomic mass is 9.91. The van der Waals surface area contributed by atoms with Crippen LogP contribution in [0.4, 0.5) is 0 Å². The van der Waals surface area contributed by atoms with Crippen LogP contribution in [0, 0.1) is 20.2 Å². The molecule has 2 unspecified atom stereocenters. The first kappa shape index (κ1) is 36.4. The molecule has 2 rings (SSSR count). The van der Waals surface area contributed by atoms with E-state index in [-0.39, 0.29) is 12.8 Å². The maximum atomic E-state index is 13.0. The second-order valence-electron chi connectivity index (χ2n) is 12.1. The van der Waals surface area contributed by atoms with Gasteiger partial charge in [-0.2, -0.15) is 0 Å². The Morgan fingerprint density at radius 1 is 0.488 bits per heavy atom. The summed E-state index contributed by atoms with van der Waals surface area (Å²) in [6.07, 6.45) is 19.4. The summed E-state index contributed by atoms with van der Waals surface area (Å²) in [5.41, 5.74) is -3.34. The van der Waals surface area contributed by atoms with Gasteiger partial charge in [0.1, 0.15) is 0 Å². The number of hydrogen-bond acceptors (Lipinski definition) is 5. The molecule has 2 aromatic carbocycles. The number of benzene rings is 2. The van der Waals surface area contributed by atoms with Crippen molar-refractivity contribution in [2.75, 3.05) is 0 Å². The van der Waals surface area contributed by atoms with Crippen LogP contribution in [-0.2, 0) is 16.2 Å². The van der Waals surface area contributed by atoms with Crippen molar-refractivity contribution in [2.24, 2.45) is 0 Å². The van der Waals surface area contributed by atoms with Crippen molar-refractivity contribution in [3.8, 4) is 0 Å². The number of nitrogens with zero attached hydrogens (tertiary/aromatic N) is 2. The highest BCUT2D eigenvalue weighted by molar-refractivity contribution is 5.23. The molecule has 0 aliphatic carbocycles. The van der Waals surface area contributed by atoms with Crippen LogP contribution in [0.5, 0.6) is 0 Å². The third-order valence-electron chi connectivity index (χ3n) is 8.62. The highest BCUT2D eigenvalue weighted by Gasteiger charge is 2.59. The topological polar surface area (TPSA) is 95.5 Å². The van der Waals surface area contributed by atoms with E-state index in [4.69, 9.17) is 4.74 Å². The van der Waals surface area contributed by atoms with Gasteiger partial charge in [-0.05, 0) is 37.1 Å². The molecule has 0 fully saturated rings. The molecule has 0 heterocycles. The van der Waals surface area contributed by atoms with Gasteiger partial charge in [-0.25, -0.2) is 4.74 Å². The molecule has 7 heteroatoms. The summed E-state index contributed by atoms with van der Waals surface area (Å²) < 4.78 is 6.47. The Labute approximate surface area is 260 Å². The molecule has 0 aliphatic heterocycles. The van der Waals surface area contributed by atoms with E-state index in [0.717, 1.165) is 38.5 Å². The third kappa shape index (κ3) is 12.0. The first-order chi connectivity index (χ1) is 20.9. The standard InChI is InChI=1S/C36H56N2O5/c1-3-5-7-9-11-13-15-17-25-31-35(37(39)40,33-27-21-19-22-28-33)43-36(38(41)42,34-29-23-20-24-30-34)32-26-18-16-14-12-10-8-6-4-2/h19-24,27-30H,3-18,25-26,31-32H2,1-2H3. The maximum Gasteiger partial charge on any atom is 0.356 e. The summed E-state index contributed by atoms with van der Waals surface area (Å²) in [6, 6.07) is 17.2.